The predicted octanol–water partition coefficient (Wildman–Crippen LogP) is 3.73. The molecule has 0 aliphatic carbocycles. The second-order valence-corrected chi connectivity index (χ2v) is 7.78. The number of methoxy groups -OCH3 is 1. The lowest BCUT2D eigenvalue weighted by molar-refractivity contribution is -0.159. The predicted molar refractivity (Wildman–Crippen MR) is 114 cm³/mol. The molecule has 29 heavy (non-hydrogen) atoms. The highest BCUT2D eigenvalue weighted by molar-refractivity contribution is 7.80. The molecule has 1 N–H and O–H groups in total. The Morgan fingerprint density at radius 1 is 1.31 bits per heavy atom. The average Bonchev–Trinajstić information content (AvgIpc) is 2.67. The molecular formula is C22H24N2O4S. The van der Waals surface area contributed by atoms with Gasteiger partial charge in [0.05, 0.1) is 19.8 Å². The Labute approximate surface area is 175 Å². The van der Waals surface area contributed by atoms with E-state index in [0.29, 0.717) is 16.6 Å². The van der Waals surface area contributed by atoms with Crippen LogP contribution >= 0.6 is 12.2 Å². The van der Waals surface area contributed by atoms with E-state index in [0.717, 1.165) is 16.8 Å². The number of anilines is 1. The van der Waals surface area contributed by atoms with Crippen LogP contribution in [0, 0.1) is 12.8 Å². The van der Waals surface area contributed by atoms with Gasteiger partial charge in [0.25, 0.3) is 0 Å². The van der Waals surface area contributed by atoms with E-state index < -0.39 is 11.6 Å². The quantitative estimate of drug-likeness (QED) is 0.607. The zero-order chi connectivity index (χ0) is 20.8. The van der Waals surface area contributed by atoms with E-state index in [-0.39, 0.29) is 18.6 Å². The zero-order valence-electron chi connectivity index (χ0n) is 16.9. The Morgan fingerprint density at radius 3 is 2.79 bits per heavy atom. The number of aryl methyl sites for hydroxylation is 1. The van der Waals surface area contributed by atoms with E-state index in [4.69, 9.17) is 26.4 Å². The van der Waals surface area contributed by atoms with E-state index in [1.165, 1.54) is 0 Å². The summed E-state index contributed by atoms with van der Waals surface area (Å²) in [4.78, 5) is 15.0. The van der Waals surface area contributed by atoms with Gasteiger partial charge in [0, 0.05) is 11.3 Å². The van der Waals surface area contributed by atoms with Gasteiger partial charge in [0.15, 0.2) is 5.11 Å². The molecular weight excluding hydrogens is 388 g/mol. The molecule has 3 atom stereocenters. The highest BCUT2D eigenvalue weighted by atomic mass is 32.1. The normalized spacial score (nSPS) is 24.8. The minimum absolute atomic E-state index is 0.290. The van der Waals surface area contributed by atoms with Gasteiger partial charge >= 0.3 is 5.97 Å². The van der Waals surface area contributed by atoms with Crippen molar-refractivity contribution in [2.24, 2.45) is 5.92 Å². The first-order chi connectivity index (χ1) is 13.9. The van der Waals surface area contributed by atoms with Crippen LogP contribution in [-0.2, 0) is 9.53 Å². The summed E-state index contributed by atoms with van der Waals surface area (Å²) >= 11 is 5.72. The molecule has 152 valence electrons. The monoisotopic (exact) mass is 412 g/mol. The number of fused-ring (bicyclic) bond motifs is 4. The summed E-state index contributed by atoms with van der Waals surface area (Å²) < 4.78 is 17.3. The third kappa shape index (κ3) is 3.09. The number of hydrogen-bond donors (Lipinski definition) is 1. The number of hydrogen-bond acceptors (Lipinski definition) is 5. The van der Waals surface area contributed by atoms with Crippen LogP contribution in [0.25, 0.3) is 0 Å². The number of rotatable bonds is 4. The second-order valence-electron chi connectivity index (χ2n) is 7.39. The van der Waals surface area contributed by atoms with Gasteiger partial charge in [-0.2, -0.15) is 0 Å². The fraction of sp³-hybridized carbons (Fsp3) is 0.364. The van der Waals surface area contributed by atoms with Gasteiger partial charge in [-0.3, -0.25) is 9.69 Å². The lowest BCUT2D eigenvalue weighted by atomic mass is 9.79. The van der Waals surface area contributed by atoms with Gasteiger partial charge in [0.1, 0.15) is 17.4 Å². The summed E-state index contributed by atoms with van der Waals surface area (Å²) in [5, 5.41) is 3.86. The van der Waals surface area contributed by atoms with E-state index in [1.54, 1.807) is 14.0 Å². The van der Waals surface area contributed by atoms with Crippen LogP contribution in [0.1, 0.15) is 31.0 Å². The molecule has 2 aliphatic heterocycles. The van der Waals surface area contributed by atoms with Crippen molar-refractivity contribution in [2.75, 3.05) is 18.6 Å². The molecule has 4 rings (SSSR count). The number of carbonyl (C=O) groups is 1. The minimum Gasteiger partial charge on any atom is -0.497 e. The molecule has 0 amide bonds. The molecule has 0 spiro atoms. The number of thiocarbonyl (C=S) groups is 1. The standard InChI is InChI=1S/C22H24N2O4S/c1-5-27-20(25)18-19-16-12-15(26-4)9-10-17(16)28-22(18,3)24(21(29)23-19)14-8-6-7-13(2)11-14/h6-12,18-19H,5H2,1-4H3,(H,23,29)/t18-,19+,22-/m0/s1. The number of nitrogens with zero attached hydrogens (tertiary/aromatic N) is 1. The molecule has 2 aliphatic rings. The number of carbonyl (C=O) groups excluding carboxylic acids is 1. The SMILES string of the molecule is CCOC(=O)[C@@H]1[C@@H]2NC(=S)N(c3cccc(C)c3)[C@@]1(C)Oc1ccc(OC)cc12. The van der Waals surface area contributed by atoms with Crippen molar-refractivity contribution in [3.63, 3.8) is 0 Å². The first-order valence-electron chi connectivity index (χ1n) is 9.60. The smallest absolute Gasteiger partial charge is 0.317 e. The highest BCUT2D eigenvalue weighted by Crippen LogP contribution is 2.50. The molecule has 1 saturated heterocycles. The van der Waals surface area contributed by atoms with Crippen LogP contribution in [-0.4, -0.2) is 30.5 Å². The first-order valence-corrected chi connectivity index (χ1v) is 10.0. The van der Waals surface area contributed by atoms with Crippen molar-refractivity contribution in [3.05, 3.63) is 53.6 Å². The van der Waals surface area contributed by atoms with Crippen molar-refractivity contribution in [1.82, 2.24) is 5.32 Å². The number of ether oxygens (including phenoxy) is 3. The van der Waals surface area contributed by atoms with Crippen LogP contribution in [0.4, 0.5) is 5.69 Å². The van der Waals surface area contributed by atoms with E-state index in [1.807, 2.05) is 61.2 Å². The van der Waals surface area contributed by atoms with Gasteiger partial charge in [-0.1, -0.05) is 12.1 Å². The molecule has 1 fully saturated rings. The third-order valence-electron chi connectivity index (χ3n) is 5.51. The molecule has 0 radical (unpaired) electrons. The van der Waals surface area contributed by atoms with E-state index >= 15 is 0 Å². The summed E-state index contributed by atoms with van der Waals surface area (Å²) in [5.41, 5.74) is 1.72. The number of esters is 1. The van der Waals surface area contributed by atoms with Crippen LogP contribution < -0.4 is 19.7 Å². The molecule has 0 saturated carbocycles. The van der Waals surface area contributed by atoms with Crippen molar-refractivity contribution < 1.29 is 19.0 Å². The minimum atomic E-state index is -1.05. The van der Waals surface area contributed by atoms with Gasteiger partial charge in [0.2, 0.25) is 5.72 Å². The highest BCUT2D eigenvalue weighted by Gasteiger charge is 2.59. The van der Waals surface area contributed by atoms with Crippen molar-refractivity contribution >= 4 is 29.0 Å². The molecule has 2 heterocycles. The fourth-order valence-corrected chi connectivity index (χ4v) is 4.65. The maximum atomic E-state index is 13.1. The maximum absolute atomic E-state index is 13.1. The molecule has 2 aromatic rings. The van der Waals surface area contributed by atoms with Crippen LogP contribution in [0.15, 0.2) is 42.5 Å². The van der Waals surface area contributed by atoms with E-state index in [2.05, 4.69) is 5.32 Å². The third-order valence-corrected chi connectivity index (χ3v) is 5.81. The van der Waals surface area contributed by atoms with Crippen molar-refractivity contribution in [1.29, 1.82) is 0 Å². The Balaban J connectivity index is 1.89. The lowest BCUT2D eigenvalue weighted by Crippen LogP contribution is -2.71. The Hall–Kier alpha value is -2.80. The lowest BCUT2D eigenvalue weighted by Gasteiger charge is -2.55. The molecule has 2 aromatic carbocycles. The Bertz CT molecular complexity index is 979. The van der Waals surface area contributed by atoms with Crippen LogP contribution in [0.3, 0.4) is 0 Å². The van der Waals surface area contributed by atoms with E-state index in [9.17, 15) is 4.79 Å². The summed E-state index contributed by atoms with van der Waals surface area (Å²) in [5.74, 6) is 0.411. The van der Waals surface area contributed by atoms with Gasteiger partial charge in [-0.25, -0.2) is 0 Å². The Morgan fingerprint density at radius 2 is 2.10 bits per heavy atom. The average molecular weight is 413 g/mol. The topological polar surface area (TPSA) is 60.0 Å². The molecule has 0 unspecified atom stereocenters. The molecule has 2 bridgehead atoms. The summed E-state index contributed by atoms with van der Waals surface area (Å²) in [6.45, 7) is 6.00. The first kappa shape index (κ1) is 19.5. The van der Waals surface area contributed by atoms with Crippen molar-refractivity contribution in [2.45, 2.75) is 32.5 Å². The summed E-state index contributed by atoms with van der Waals surface area (Å²) in [6, 6.07) is 13.2. The number of benzene rings is 2. The Kier molecular flexibility index (Phi) is 4.86. The van der Waals surface area contributed by atoms with Gasteiger partial charge < -0.3 is 19.5 Å². The second kappa shape index (κ2) is 7.22. The van der Waals surface area contributed by atoms with Gasteiger partial charge in [-0.15, -0.1) is 0 Å². The van der Waals surface area contributed by atoms with Gasteiger partial charge in [-0.05, 0) is 68.9 Å². The van der Waals surface area contributed by atoms with Crippen molar-refractivity contribution in [3.8, 4) is 11.5 Å². The largest absolute Gasteiger partial charge is 0.497 e. The summed E-state index contributed by atoms with van der Waals surface area (Å²) in [7, 11) is 1.61. The molecule has 6 nitrogen and oxygen atoms in total. The van der Waals surface area contributed by atoms with Crippen LogP contribution in [0.5, 0.6) is 11.5 Å². The number of nitrogens with one attached hydrogen (secondary N) is 1. The summed E-state index contributed by atoms with van der Waals surface area (Å²) in [6.07, 6.45) is 0. The maximum Gasteiger partial charge on any atom is 0.317 e. The molecule has 0 aromatic heterocycles. The zero-order valence-corrected chi connectivity index (χ0v) is 17.7. The molecule has 7 heteroatoms. The fourth-order valence-electron chi connectivity index (χ4n) is 4.24. The van der Waals surface area contributed by atoms with Crippen LogP contribution in [0.2, 0.25) is 0 Å².